The number of phenols is 1. The molecule has 0 aliphatic carbocycles. The third-order valence-electron chi connectivity index (χ3n) is 3.62. The molecule has 0 saturated heterocycles. The lowest BCUT2D eigenvalue weighted by atomic mass is 10.1. The molecule has 0 aliphatic rings. The molecule has 3 aromatic rings. The van der Waals surface area contributed by atoms with E-state index >= 15 is 0 Å². The first-order chi connectivity index (χ1) is 12.4. The van der Waals surface area contributed by atoms with Gasteiger partial charge in [0.1, 0.15) is 5.75 Å². The van der Waals surface area contributed by atoms with E-state index in [1.807, 2.05) is 0 Å². The number of phenolic OH excluding ortho intramolecular Hbond substituents is 1. The summed E-state index contributed by atoms with van der Waals surface area (Å²) < 4.78 is 5.51. The number of nitro benzene ring substituents is 1. The second-order valence-corrected chi connectivity index (χ2v) is 5.18. The Balaban J connectivity index is 2.16. The number of para-hydroxylation sites is 1. The van der Waals surface area contributed by atoms with E-state index < -0.39 is 27.6 Å². The summed E-state index contributed by atoms with van der Waals surface area (Å²) >= 11 is 0. The van der Waals surface area contributed by atoms with Crippen LogP contribution in [0.2, 0.25) is 0 Å². The molecule has 0 unspecified atom stereocenters. The highest BCUT2D eigenvalue weighted by molar-refractivity contribution is 5.86. The standard InChI is InChI=1S/C16H12N4O6/c1-26-10-6-9(14(21)13(7-10)20(24)25)8-17-19-15(22)11-4-2-3-5-12(11)18-16(19)23/h2-8,21H,1H3,(H,18,23). The number of benzene rings is 2. The zero-order chi connectivity index (χ0) is 18.8. The number of fused-ring (bicyclic) bond motifs is 1. The summed E-state index contributed by atoms with van der Waals surface area (Å²) in [5, 5.41) is 25.0. The number of nitro groups is 1. The number of aromatic hydroxyl groups is 1. The average Bonchev–Trinajstić information content (AvgIpc) is 2.62. The highest BCUT2D eigenvalue weighted by Gasteiger charge is 2.19. The molecule has 0 spiro atoms. The predicted molar refractivity (Wildman–Crippen MR) is 93.1 cm³/mol. The van der Waals surface area contributed by atoms with Crippen LogP contribution in [0.25, 0.3) is 10.9 Å². The van der Waals surface area contributed by atoms with Crippen molar-refractivity contribution < 1.29 is 14.8 Å². The molecular weight excluding hydrogens is 344 g/mol. The second-order valence-electron chi connectivity index (χ2n) is 5.18. The van der Waals surface area contributed by atoms with Crippen LogP contribution >= 0.6 is 0 Å². The number of aromatic nitrogens is 2. The first-order valence-electron chi connectivity index (χ1n) is 7.26. The Morgan fingerprint density at radius 3 is 2.73 bits per heavy atom. The van der Waals surface area contributed by atoms with Gasteiger partial charge in [-0.25, -0.2) is 4.79 Å². The number of methoxy groups -OCH3 is 1. The van der Waals surface area contributed by atoms with E-state index in [0.717, 1.165) is 12.3 Å². The lowest BCUT2D eigenvalue weighted by Crippen LogP contribution is -2.32. The molecule has 26 heavy (non-hydrogen) atoms. The summed E-state index contributed by atoms with van der Waals surface area (Å²) in [6, 6.07) is 8.72. The van der Waals surface area contributed by atoms with Crippen LogP contribution in [-0.4, -0.2) is 33.0 Å². The van der Waals surface area contributed by atoms with Gasteiger partial charge in [0.15, 0.2) is 0 Å². The summed E-state index contributed by atoms with van der Waals surface area (Å²) in [6.07, 6.45) is 0.969. The van der Waals surface area contributed by atoms with Gasteiger partial charge in [0.05, 0.1) is 35.2 Å². The zero-order valence-electron chi connectivity index (χ0n) is 13.4. The maximum atomic E-state index is 12.4. The average molecular weight is 356 g/mol. The molecule has 3 rings (SSSR count). The predicted octanol–water partition coefficient (Wildman–Crippen LogP) is 1.19. The third kappa shape index (κ3) is 2.90. The number of ether oxygens (including phenoxy) is 1. The summed E-state index contributed by atoms with van der Waals surface area (Å²) in [6.45, 7) is 0. The number of nitrogens with one attached hydrogen (secondary N) is 1. The Morgan fingerprint density at radius 2 is 2.04 bits per heavy atom. The van der Waals surface area contributed by atoms with Crippen molar-refractivity contribution in [1.82, 2.24) is 9.66 Å². The van der Waals surface area contributed by atoms with E-state index in [4.69, 9.17) is 4.74 Å². The summed E-state index contributed by atoms with van der Waals surface area (Å²) in [7, 11) is 1.30. The van der Waals surface area contributed by atoms with Gasteiger partial charge in [0.25, 0.3) is 5.56 Å². The molecule has 0 amide bonds. The van der Waals surface area contributed by atoms with Gasteiger partial charge in [0.2, 0.25) is 5.75 Å². The maximum Gasteiger partial charge on any atom is 0.349 e. The SMILES string of the molecule is COc1cc(C=Nn2c(=O)[nH]c3ccccc3c2=O)c(O)c([N+](=O)[O-])c1. The van der Waals surface area contributed by atoms with Crippen LogP contribution in [0.4, 0.5) is 5.69 Å². The maximum absolute atomic E-state index is 12.4. The quantitative estimate of drug-likeness (QED) is 0.409. The minimum atomic E-state index is -0.790. The fraction of sp³-hybridized carbons (Fsp3) is 0.0625. The van der Waals surface area contributed by atoms with E-state index in [-0.39, 0.29) is 16.7 Å². The number of aromatic amines is 1. The largest absolute Gasteiger partial charge is 0.502 e. The third-order valence-corrected chi connectivity index (χ3v) is 3.62. The van der Waals surface area contributed by atoms with Crippen molar-refractivity contribution in [1.29, 1.82) is 0 Å². The van der Waals surface area contributed by atoms with Crippen LogP contribution in [0.1, 0.15) is 5.56 Å². The Bertz CT molecular complexity index is 1160. The Morgan fingerprint density at radius 1 is 1.31 bits per heavy atom. The first-order valence-corrected chi connectivity index (χ1v) is 7.26. The number of nitrogens with zero attached hydrogens (tertiary/aromatic N) is 3. The molecule has 0 fully saturated rings. The van der Waals surface area contributed by atoms with Gasteiger partial charge in [-0.05, 0) is 18.2 Å². The van der Waals surface area contributed by atoms with E-state index in [1.54, 1.807) is 18.2 Å². The van der Waals surface area contributed by atoms with Crippen molar-refractivity contribution in [3.8, 4) is 11.5 Å². The van der Waals surface area contributed by atoms with Crippen molar-refractivity contribution >= 4 is 22.8 Å². The smallest absolute Gasteiger partial charge is 0.349 e. The topological polar surface area (TPSA) is 140 Å². The molecule has 0 radical (unpaired) electrons. The van der Waals surface area contributed by atoms with E-state index in [1.165, 1.54) is 19.2 Å². The van der Waals surface area contributed by atoms with Gasteiger partial charge in [-0.1, -0.05) is 12.1 Å². The van der Waals surface area contributed by atoms with Crippen molar-refractivity contribution in [2.24, 2.45) is 5.10 Å². The molecule has 10 heteroatoms. The van der Waals surface area contributed by atoms with Crippen molar-refractivity contribution in [3.05, 3.63) is 72.9 Å². The van der Waals surface area contributed by atoms with E-state index in [9.17, 15) is 24.8 Å². The van der Waals surface area contributed by atoms with E-state index in [0.29, 0.717) is 10.2 Å². The highest BCUT2D eigenvalue weighted by Crippen LogP contribution is 2.33. The number of hydrogen-bond donors (Lipinski definition) is 2. The number of H-pyrrole nitrogens is 1. The number of hydrogen-bond acceptors (Lipinski definition) is 7. The van der Waals surface area contributed by atoms with Gasteiger partial charge >= 0.3 is 11.4 Å². The highest BCUT2D eigenvalue weighted by atomic mass is 16.6. The molecule has 1 aromatic heterocycles. The van der Waals surface area contributed by atoms with Gasteiger partial charge in [-0.3, -0.25) is 14.9 Å². The fourth-order valence-corrected chi connectivity index (χ4v) is 2.35. The molecule has 10 nitrogen and oxygen atoms in total. The van der Waals surface area contributed by atoms with Gasteiger partial charge in [0, 0.05) is 5.56 Å². The summed E-state index contributed by atoms with van der Waals surface area (Å²) in [5.74, 6) is -0.555. The molecule has 0 atom stereocenters. The first kappa shape index (κ1) is 16.9. The molecule has 0 aliphatic heterocycles. The van der Waals surface area contributed by atoms with Crippen LogP contribution in [-0.2, 0) is 0 Å². The monoisotopic (exact) mass is 356 g/mol. The van der Waals surface area contributed by atoms with Crippen LogP contribution in [0.5, 0.6) is 11.5 Å². The minimum absolute atomic E-state index is 0.0875. The molecule has 0 saturated carbocycles. The van der Waals surface area contributed by atoms with E-state index in [2.05, 4.69) is 10.1 Å². The van der Waals surface area contributed by atoms with Crippen LogP contribution in [0.3, 0.4) is 0 Å². The normalized spacial score (nSPS) is 11.1. The van der Waals surface area contributed by atoms with Crippen LogP contribution < -0.4 is 16.0 Å². The molecule has 1 heterocycles. The van der Waals surface area contributed by atoms with Crippen molar-refractivity contribution in [3.63, 3.8) is 0 Å². The van der Waals surface area contributed by atoms with Crippen LogP contribution in [0.15, 0.2) is 51.1 Å². The van der Waals surface area contributed by atoms with Gasteiger partial charge < -0.3 is 14.8 Å². The molecular formula is C16H12N4O6. The second kappa shape index (κ2) is 6.51. The van der Waals surface area contributed by atoms with Crippen molar-refractivity contribution in [2.45, 2.75) is 0 Å². The lowest BCUT2D eigenvalue weighted by Gasteiger charge is -2.05. The Hall–Kier alpha value is -3.95. The molecule has 2 aromatic carbocycles. The molecule has 0 bridgehead atoms. The fourth-order valence-electron chi connectivity index (χ4n) is 2.35. The Labute approximate surface area is 144 Å². The zero-order valence-corrected chi connectivity index (χ0v) is 13.4. The van der Waals surface area contributed by atoms with Crippen LogP contribution in [0, 0.1) is 10.1 Å². The summed E-state index contributed by atoms with van der Waals surface area (Å²) in [4.78, 5) is 37.2. The molecule has 132 valence electrons. The number of rotatable bonds is 4. The Kier molecular flexibility index (Phi) is 4.23. The molecule has 2 N–H and O–H groups in total. The van der Waals surface area contributed by atoms with Gasteiger partial charge in [-0.15, -0.1) is 4.68 Å². The lowest BCUT2D eigenvalue weighted by molar-refractivity contribution is -0.385. The minimum Gasteiger partial charge on any atom is -0.502 e. The summed E-state index contributed by atoms with van der Waals surface area (Å²) in [5.41, 5.74) is -1.78. The van der Waals surface area contributed by atoms with Gasteiger partial charge in [-0.2, -0.15) is 5.10 Å². The van der Waals surface area contributed by atoms with Crippen molar-refractivity contribution in [2.75, 3.05) is 7.11 Å².